The highest BCUT2D eigenvalue weighted by Crippen LogP contribution is 2.11. The summed E-state index contributed by atoms with van der Waals surface area (Å²) in [5, 5.41) is 6.58. The van der Waals surface area contributed by atoms with Crippen molar-refractivity contribution in [1.29, 1.82) is 0 Å². The van der Waals surface area contributed by atoms with Crippen molar-refractivity contribution in [3.05, 3.63) is 18.7 Å². The maximum atomic E-state index is 12.0. The number of carbonyl (C=O) groups is 1. The van der Waals surface area contributed by atoms with E-state index in [-0.39, 0.29) is 0 Å². The number of aromatic nitrogens is 2. The van der Waals surface area contributed by atoms with Gasteiger partial charge in [-0.05, 0) is 26.2 Å². The smallest absolute Gasteiger partial charge is 0.222 e. The molecule has 0 radical (unpaired) electrons. The van der Waals surface area contributed by atoms with Crippen LogP contribution in [0.3, 0.4) is 0 Å². The number of rotatable bonds is 8. The van der Waals surface area contributed by atoms with Gasteiger partial charge in [-0.3, -0.25) is 9.79 Å². The first-order chi connectivity index (χ1) is 11.8. The summed E-state index contributed by atoms with van der Waals surface area (Å²) in [6.45, 7) is 7.00. The van der Waals surface area contributed by atoms with Crippen molar-refractivity contribution < 1.29 is 4.79 Å². The quantitative estimate of drug-likeness (QED) is 0.426. The predicted molar refractivity (Wildman–Crippen MR) is 95.9 cm³/mol. The van der Waals surface area contributed by atoms with Gasteiger partial charge >= 0.3 is 0 Å². The lowest BCUT2D eigenvalue weighted by Crippen LogP contribution is -2.39. The van der Waals surface area contributed by atoms with Gasteiger partial charge < -0.3 is 20.1 Å². The van der Waals surface area contributed by atoms with Crippen molar-refractivity contribution in [2.24, 2.45) is 4.99 Å². The van der Waals surface area contributed by atoms with E-state index in [2.05, 4.69) is 27.5 Å². The molecular formula is C17H30N6O. The van der Waals surface area contributed by atoms with Crippen LogP contribution in [0, 0.1) is 0 Å². The van der Waals surface area contributed by atoms with Gasteiger partial charge in [0.2, 0.25) is 5.91 Å². The van der Waals surface area contributed by atoms with Crippen LogP contribution in [-0.4, -0.2) is 59.0 Å². The van der Waals surface area contributed by atoms with Crippen molar-refractivity contribution in [2.75, 3.05) is 32.7 Å². The molecule has 1 aliphatic heterocycles. The first-order valence-electron chi connectivity index (χ1n) is 9.05. The molecule has 0 unspecified atom stereocenters. The molecule has 1 saturated heterocycles. The molecule has 1 aromatic rings. The SMILES string of the molecule is CCNC(=NCCCN1CCCCCC1=O)NCCn1ccnc1. The second kappa shape index (κ2) is 10.7. The molecule has 2 N–H and O–H groups in total. The van der Waals surface area contributed by atoms with E-state index in [1.54, 1.807) is 6.20 Å². The van der Waals surface area contributed by atoms with Crippen LogP contribution in [0.2, 0.25) is 0 Å². The maximum absolute atomic E-state index is 12.0. The van der Waals surface area contributed by atoms with Crippen molar-refractivity contribution in [2.45, 2.75) is 45.6 Å². The van der Waals surface area contributed by atoms with Gasteiger partial charge in [0.1, 0.15) is 0 Å². The molecule has 7 nitrogen and oxygen atoms in total. The Bertz CT molecular complexity index is 499. The third kappa shape index (κ3) is 6.60. The average molecular weight is 334 g/mol. The van der Waals surface area contributed by atoms with Gasteiger partial charge in [0.05, 0.1) is 6.33 Å². The number of hydrogen-bond acceptors (Lipinski definition) is 3. The Morgan fingerprint density at radius 3 is 3.00 bits per heavy atom. The molecule has 0 saturated carbocycles. The maximum Gasteiger partial charge on any atom is 0.222 e. The van der Waals surface area contributed by atoms with E-state index >= 15 is 0 Å². The van der Waals surface area contributed by atoms with E-state index in [1.165, 1.54) is 6.42 Å². The first-order valence-corrected chi connectivity index (χ1v) is 9.05. The van der Waals surface area contributed by atoms with Crippen molar-refractivity contribution in [3.63, 3.8) is 0 Å². The minimum absolute atomic E-state index is 0.307. The fourth-order valence-electron chi connectivity index (χ4n) is 2.79. The third-order valence-electron chi connectivity index (χ3n) is 4.09. The lowest BCUT2D eigenvalue weighted by Gasteiger charge is -2.20. The largest absolute Gasteiger partial charge is 0.357 e. The minimum Gasteiger partial charge on any atom is -0.357 e. The number of likely N-dealkylation sites (tertiary alicyclic amines) is 1. The zero-order chi connectivity index (χ0) is 17.0. The average Bonchev–Trinajstić information content (AvgIpc) is 3.01. The molecule has 0 aliphatic carbocycles. The number of hydrogen-bond donors (Lipinski definition) is 2. The van der Waals surface area contributed by atoms with Gasteiger partial charge in [-0.2, -0.15) is 0 Å². The number of imidazole rings is 1. The van der Waals surface area contributed by atoms with Gasteiger partial charge in [0, 0.05) is 58.1 Å². The van der Waals surface area contributed by atoms with Gasteiger partial charge in [-0.1, -0.05) is 6.42 Å². The molecule has 134 valence electrons. The van der Waals surface area contributed by atoms with E-state index in [9.17, 15) is 4.79 Å². The lowest BCUT2D eigenvalue weighted by atomic mass is 10.2. The van der Waals surface area contributed by atoms with Crippen LogP contribution in [-0.2, 0) is 11.3 Å². The highest BCUT2D eigenvalue weighted by atomic mass is 16.2. The normalized spacial score (nSPS) is 16.1. The lowest BCUT2D eigenvalue weighted by molar-refractivity contribution is -0.130. The van der Waals surface area contributed by atoms with E-state index in [4.69, 9.17) is 0 Å². The molecule has 0 bridgehead atoms. The Labute approximate surface area is 144 Å². The number of nitrogens with one attached hydrogen (secondary N) is 2. The summed E-state index contributed by atoms with van der Waals surface area (Å²) < 4.78 is 2.03. The molecule has 1 amide bonds. The summed E-state index contributed by atoms with van der Waals surface area (Å²) in [5.41, 5.74) is 0. The monoisotopic (exact) mass is 334 g/mol. The highest BCUT2D eigenvalue weighted by Gasteiger charge is 2.15. The molecule has 1 aliphatic rings. The Morgan fingerprint density at radius 2 is 2.21 bits per heavy atom. The summed E-state index contributed by atoms with van der Waals surface area (Å²) in [5.74, 6) is 1.14. The van der Waals surface area contributed by atoms with Crippen LogP contribution < -0.4 is 10.6 Å². The van der Waals surface area contributed by atoms with Crippen molar-refractivity contribution in [1.82, 2.24) is 25.1 Å². The zero-order valence-electron chi connectivity index (χ0n) is 14.7. The van der Waals surface area contributed by atoms with Gasteiger partial charge in [-0.15, -0.1) is 0 Å². The molecule has 7 heteroatoms. The van der Waals surface area contributed by atoms with Crippen molar-refractivity contribution in [3.8, 4) is 0 Å². The van der Waals surface area contributed by atoms with Gasteiger partial charge in [0.15, 0.2) is 5.96 Å². The van der Waals surface area contributed by atoms with Crippen LogP contribution in [0.1, 0.15) is 39.0 Å². The highest BCUT2D eigenvalue weighted by molar-refractivity contribution is 5.79. The zero-order valence-corrected chi connectivity index (χ0v) is 14.7. The Kier molecular flexibility index (Phi) is 8.13. The number of nitrogens with zero attached hydrogens (tertiary/aromatic N) is 4. The number of carbonyl (C=O) groups excluding carboxylic acids is 1. The summed E-state index contributed by atoms with van der Waals surface area (Å²) >= 11 is 0. The Morgan fingerprint density at radius 1 is 1.29 bits per heavy atom. The fourth-order valence-corrected chi connectivity index (χ4v) is 2.79. The second-order valence-corrected chi connectivity index (χ2v) is 6.03. The fraction of sp³-hybridized carbons (Fsp3) is 0.706. The summed E-state index contributed by atoms with van der Waals surface area (Å²) in [6.07, 6.45) is 10.5. The van der Waals surface area contributed by atoms with E-state index in [0.717, 1.165) is 64.5 Å². The minimum atomic E-state index is 0.307. The molecular weight excluding hydrogens is 304 g/mol. The van der Waals surface area contributed by atoms with E-state index in [1.807, 2.05) is 22.0 Å². The van der Waals surface area contributed by atoms with Crippen LogP contribution in [0.25, 0.3) is 0 Å². The molecule has 1 aromatic heterocycles. The summed E-state index contributed by atoms with van der Waals surface area (Å²) in [6, 6.07) is 0. The van der Waals surface area contributed by atoms with Gasteiger partial charge in [-0.25, -0.2) is 4.98 Å². The molecule has 0 aromatic carbocycles. The Balaban J connectivity index is 1.68. The van der Waals surface area contributed by atoms with Gasteiger partial charge in [0.25, 0.3) is 0 Å². The van der Waals surface area contributed by atoms with Crippen LogP contribution in [0.4, 0.5) is 0 Å². The van der Waals surface area contributed by atoms with E-state index < -0.39 is 0 Å². The number of amides is 1. The molecule has 1 fully saturated rings. The molecule has 0 spiro atoms. The molecule has 24 heavy (non-hydrogen) atoms. The number of aliphatic imine (C=N–C) groups is 1. The summed E-state index contributed by atoms with van der Waals surface area (Å²) in [4.78, 5) is 22.6. The standard InChI is InChI=1S/C17H30N6O/c1-2-19-17(21-10-14-22-13-9-18-15-22)20-8-6-12-23-11-5-3-4-7-16(23)24/h9,13,15H,2-8,10-12,14H2,1H3,(H2,19,20,21). The molecule has 0 atom stereocenters. The Hall–Kier alpha value is -2.05. The van der Waals surface area contributed by atoms with Crippen LogP contribution in [0.15, 0.2) is 23.7 Å². The topological polar surface area (TPSA) is 74.6 Å². The van der Waals surface area contributed by atoms with Crippen LogP contribution in [0.5, 0.6) is 0 Å². The number of guanidine groups is 1. The van der Waals surface area contributed by atoms with Crippen molar-refractivity contribution >= 4 is 11.9 Å². The third-order valence-corrected chi connectivity index (χ3v) is 4.09. The first kappa shape index (κ1) is 18.3. The van der Waals surface area contributed by atoms with Crippen LogP contribution >= 0.6 is 0 Å². The predicted octanol–water partition coefficient (Wildman–Crippen LogP) is 1.23. The summed E-state index contributed by atoms with van der Waals surface area (Å²) in [7, 11) is 0. The second-order valence-electron chi connectivity index (χ2n) is 6.03. The van der Waals surface area contributed by atoms with E-state index in [0.29, 0.717) is 12.3 Å². The molecule has 2 rings (SSSR count). The molecule has 2 heterocycles.